The molecule has 1 aliphatic rings. The molecular formula is C11H21. The van der Waals surface area contributed by atoms with Crippen LogP contribution in [0.2, 0.25) is 0 Å². The Morgan fingerprint density at radius 2 is 1.64 bits per heavy atom. The summed E-state index contributed by atoms with van der Waals surface area (Å²) < 4.78 is 0. The molecular weight excluding hydrogens is 132 g/mol. The zero-order chi connectivity index (χ0) is 8.10. The molecule has 1 rings (SSSR count). The Morgan fingerprint density at radius 1 is 1.00 bits per heavy atom. The van der Waals surface area contributed by atoms with E-state index in [4.69, 9.17) is 0 Å². The third kappa shape index (κ3) is 2.84. The highest BCUT2D eigenvalue weighted by molar-refractivity contribution is 4.78. The average Bonchev–Trinajstić information content (AvgIpc) is 1.98. The van der Waals surface area contributed by atoms with E-state index >= 15 is 0 Å². The number of rotatable bonds is 1. The van der Waals surface area contributed by atoms with Crippen LogP contribution in [0.4, 0.5) is 0 Å². The summed E-state index contributed by atoms with van der Waals surface area (Å²) in [5, 5.41) is 0. The van der Waals surface area contributed by atoms with Gasteiger partial charge in [-0.3, -0.25) is 0 Å². The molecule has 0 bridgehead atoms. The quantitative estimate of drug-likeness (QED) is 0.537. The maximum atomic E-state index is 2.41. The van der Waals surface area contributed by atoms with Gasteiger partial charge in [0.05, 0.1) is 0 Å². The molecule has 2 atom stereocenters. The topological polar surface area (TPSA) is 0 Å². The largest absolute Gasteiger partial charge is 0.0622 e. The Hall–Kier alpha value is 0. The molecule has 0 N–H and O–H groups in total. The zero-order valence-corrected chi connectivity index (χ0v) is 7.97. The van der Waals surface area contributed by atoms with Crippen molar-refractivity contribution in [2.75, 3.05) is 0 Å². The molecule has 65 valence electrons. The molecule has 0 aromatic rings. The third-order valence-electron chi connectivity index (χ3n) is 3.11. The second kappa shape index (κ2) is 4.79. The minimum atomic E-state index is 0.912. The van der Waals surface area contributed by atoms with E-state index in [0.717, 1.165) is 11.8 Å². The molecule has 0 heterocycles. The van der Waals surface area contributed by atoms with Gasteiger partial charge in [0.15, 0.2) is 0 Å². The van der Waals surface area contributed by atoms with E-state index in [1.807, 2.05) is 0 Å². The normalized spacial score (nSPS) is 34.4. The SMILES string of the molecule is C[CH]C1CCCCCCC1C. The molecule has 0 aliphatic heterocycles. The Kier molecular flexibility index (Phi) is 3.96. The van der Waals surface area contributed by atoms with Crippen LogP contribution in [0.15, 0.2) is 0 Å². The van der Waals surface area contributed by atoms with Crippen molar-refractivity contribution in [3.05, 3.63) is 6.42 Å². The van der Waals surface area contributed by atoms with Crippen LogP contribution in [0.3, 0.4) is 0 Å². The van der Waals surface area contributed by atoms with Crippen LogP contribution in [0, 0.1) is 18.3 Å². The fourth-order valence-electron chi connectivity index (χ4n) is 2.19. The Bertz CT molecular complexity index is 96.2. The second-order valence-electron chi connectivity index (χ2n) is 3.97. The first-order valence-corrected chi connectivity index (χ1v) is 5.14. The molecule has 0 nitrogen and oxygen atoms in total. The second-order valence-corrected chi connectivity index (χ2v) is 3.97. The summed E-state index contributed by atoms with van der Waals surface area (Å²) in [6.07, 6.45) is 11.2. The molecule has 1 fully saturated rings. The highest BCUT2D eigenvalue weighted by Crippen LogP contribution is 2.28. The van der Waals surface area contributed by atoms with Crippen LogP contribution in [0.1, 0.15) is 52.4 Å². The van der Waals surface area contributed by atoms with E-state index < -0.39 is 0 Å². The van der Waals surface area contributed by atoms with E-state index in [1.54, 1.807) is 0 Å². The summed E-state index contributed by atoms with van der Waals surface area (Å²) >= 11 is 0. The van der Waals surface area contributed by atoms with Crippen LogP contribution in [0.5, 0.6) is 0 Å². The smallest absolute Gasteiger partial charge is 0.0360 e. The molecule has 0 aromatic heterocycles. The van der Waals surface area contributed by atoms with Gasteiger partial charge < -0.3 is 0 Å². The molecule has 0 saturated heterocycles. The summed E-state index contributed by atoms with van der Waals surface area (Å²) in [5.41, 5.74) is 0. The van der Waals surface area contributed by atoms with Gasteiger partial charge in [-0.1, -0.05) is 46.0 Å². The number of hydrogen-bond donors (Lipinski definition) is 0. The van der Waals surface area contributed by atoms with Crippen LogP contribution >= 0.6 is 0 Å². The molecule has 0 aromatic carbocycles. The van der Waals surface area contributed by atoms with Crippen LogP contribution < -0.4 is 0 Å². The van der Waals surface area contributed by atoms with Crippen molar-refractivity contribution >= 4 is 0 Å². The molecule has 0 spiro atoms. The first-order chi connectivity index (χ1) is 5.34. The highest BCUT2D eigenvalue weighted by atomic mass is 14.2. The van der Waals surface area contributed by atoms with Gasteiger partial charge in [0, 0.05) is 0 Å². The minimum Gasteiger partial charge on any atom is -0.0622 e. The predicted molar refractivity (Wildman–Crippen MR) is 50.3 cm³/mol. The fourth-order valence-corrected chi connectivity index (χ4v) is 2.19. The van der Waals surface area contributed by atoms with Gasteiger partial charge in [-0.15, -0.1) is 0 Å². The van der Waals surface area contributed by atoms with E-state index in [9.17, 15) is 0 Å². The lowest BCUT2D eigenvalue weighted by Gasteiger charge is -2.24. The van der Waals surface area contributed by atoms with E-state index in [0.29, 0.717) is 0 Å². The van der Waals surface area contributed by atoms with Gasteiger partial charge in [0.1, 0.15) is 0 Å². The first-order valence-electron chi connectivity index (χ1n) is 5.14. The lowest BCUT2D eigenvalue weighted by atomic mass is 9.81. The van der Waals surface area contributed by atoms with E-state index in [1.165, 1.54) is 38.5 Å². The van der Waals surface area contributed by atoms with Gasteiger partial charge >= 0.3 is 0 Å². The van der Waals surface area contributed by atoms with E-state index in [2.05, 4.69) is 20.3 Å². The number of hydrogen-bond acceptors (Lipinski definition) is 0. The zero-order valence-electron chi connectivity index (χ0n) is 7.97. The van der Waals surface area contributed by atoms with Crippen LogP contribution in [-0.2, 0) is 0 Å². The van der Waals surface area contributed by atoms with Gasteiger partial charge in [0.2, 0.25) is 0 Å². The van der Waals surface area contributed by atoms with Crippen molar-refractivity contribution in [1.82, 2.24) is 0 Å². The van der Waals surface area contributed by atoms with Crippen molar-refractivity contribution in [3.63, 3.8) is 0 Å². The maximum Gasteiger partial charge on any atom is -0.0360 e. The summed E-state index contributed by atoms with van der Waals surface area (Å²) in [6, 6.07) is 0. The maximum absolute atomic E-state index is 2.41. The highest BCUT2D eigenvalue weighted by Gasteiger charge is 2.16. The monoisotopic (exact) mass is 153 g/mol. The lowest BCUT2D eigenvalue weighted by Crippen LogP contribution is -2.13. The van der Waals surface area contributed by atoms with Crippen molar-refractivity contribution < 1.29 is 0 Å². The summed E-state index contributed by atoms with van der Waals surface area (Å²) in [7, 11) is 0. The van der Waals surface area contributed by atoms with Gasteiger partial charge in [-0.25, -0.2) is 0 Å². The molecule has 2 unspecified atom stereocenters. The molecule has 0 amide bonds. The van der Waals surface area contributed by atoms with Crippen molar-refractivity contribution in [1.29, 1.82) is 0 Å². The van der Waals surface area contributed by atoms with Crippen molar-refractivity contribution in [3.8, 4) is 0 Å². The Balaban J connectivity index is 2.33. The summed E-state index contributed by atoms with van der Waals surface area (Å²) in [5.74, 6) is 1.86. The summed E-state index contributed by atoms with van der Waals surface area (Å²) in [6.45, 7) is 4.64. The molecule has 1 aliphatic carbocycles. The van der Waals surface area contributed by atoms with Gasteiger partial charge in [0.25, 0.3) is 0 Å². The van der Waals surface area contributed by atoms with Gasteiger partial charge in [-0.2, -0.15) is 0 Å². The van der Waals surface area contributed by atoms with Crippen LogP contribution in [-0.4, -0.2) is 0 Å². The third-order valence-corrected chi connectivity index (χ3v) is 3.11. The lowest BCUT2D eigenvalue weighted by molar-refractivity contribution is 0.314. The molecule has 1 saturated carbocycles. The minimum absolute atomic E-state index is 0.912. The van der Waals surface area contributed by atoms with Gasteiger partial charge in [-0.05, 0) is 24.7 Å². The average molecular weight is 153 g/mol. The predicted octanol–water partition coefficient (Wildman–Crippen LogP) is 3.82. The van der Waals surface area contributed by atoms with Crippen molar-refractivity contribution in [2.45, 2.75) is 52.4 Å². The Morgan fingerprint density at radius 3 is 2.27 bits per heavy atom. The fraction of sp³-hybridized carbons (Fsp3) is 0.909. The summed E-state index contributed by atoms with van der Waals surface area (Å²) in [4.78, 5) is 0. The Labute approximate surface area is 71.4 Å². The molecule has 1 radical (unpaired) electrons. The van der Waals surface area contributed by atoms with Crippen LogP contribution in [0.25, 0.3) is 0 Å². The van der Waals surface area contributed by atoms with E-state index in [-0.39, 0.29) is 0 Å². The molecule has 0 heteroatoms. The standard InChI is InChI=1S/C11H21/c1-3-11-9-7-5-4-6-8-10(11)2/h3,10-11H,4-9H2,1-2H3. The van der Waals surface area contributed by atoms with Crippen molar-refractivity contribution in [2.24, 2.45) is 11.8 Å². The first kappa shape index (κ1) is 9.09. The molecule has 11 heavy (non-hydrogen) atoms.